The van der Waals surface area contributed by atoms with E-state index < -0.39 is 12.7 Å². The Balaban J connectivity index is 1.63. The van der Waals surface area contributed by atoms with Crippen LogP contribution in [0.1, 0.15) is 22.4 Å². The Kier molecular flexibility index (Phi) is 6.65. The van der Waals surface area contributed by atoms with Crippen molar-refractivity contribution in [1.82, 2.24) is 24.8 Å². The van der Waals surface area contributed by atoms with Crippen LogP contribution in [0.5, 0.6) is 0 Å². The van der Waals surface area contributed by atoms with Gasteiger partial charge in [0.2, 0.25) is 5.91 Å². The van der Waals surface area contributed by atoms with E-state index in [0.29, 0.717) is 0 Å². The molecule has 0 fully saturated rings. The fourth-order valence-electron chi connectivity index (χ4n) is 2.89. The first kappa shape index (κ1) is 21.0. The van der Waals surface area contributed by atoms with Gasteiger partial charge in [-0.25, -0.2) is 9.97 Å². The molecule has 0 aliphatic carbocycles. The highest BCUT2D eigenvalue weighted by Gasteiger charge is 2.29. The molecule has 10 heteroatoms. The lowest BCUT2D eigenvalue weighted by Gasteiger charge is -2.21. The number of rotatable bonds is 8. The van der Waals surface area contributed by atoms with Crippen molar-refractivity contribution in [1.29, 1.82) is 0 Å². The number of benzene rings is 1. The molecule has 0 aliphatic rings. The van der Waals surface area contributed by atoms with Gasteiger partial charge in [0, 0.05) is 24.0 Å². The lowest BCUT2D eigenvalue weighted by molar-refractivity contribution is -0.141. The normalized spacial score (nSPS) is 12.9. The molecule has 3 rings (SSSR count). The summed E-state index contributed by atoms with van der Waals surface area (Å²) < 4.78 is 39.0. The first-order valence-electron chi connectivity index (χ1n) is 8.81. The second-order valence-electron chi connectivity index (χ2n) is 6.54. The molecule has 0 spiro atoms. The summed E-state index contributed by atoms with van der Waals surface area (Å²) in [4.78, 5) is 22.5. The van der Waals surface area contributed by atoms with Crippen LogP contribution in [0.2, 0.25) is 0 Å². The van der Waals surface area contributed by atoms with E-state index in [4.69, 9.17) is 0 Å². The summed E-state index contributed by atoms with van der Waals surface area (Å²) in [5, 5.41) is 5.55. The van der Waals surface area contributed by atoms with Crippen LogP contribution in [0.4, 0.5) is 13.2 Å². The molecule has 1 aromatic carbocycles. The van der Waals surface area contributed by atoms with Gasteiger partial charge in [0.25, 0.3) is 0 Å². The third-order valence-corrected chi connectivity index (χ3v) is 4.95. The fourth-order valence-corrected chi connectivity index (χ4v) is 3.60. The summed E-state index contributed by atoms with van der Waals surface area (Å²) in [7, 11) is 1.66. The molecule has 154 valence electrons. The van der Waals surface area contributed by atoms with Crippen LogP contribution in [0, 0.1) is 0 Å². The Bertz CT molecular complexity index is 912. The molecule has 1 N–H and O–H groups in total. The molecular formula is C19H20F3N5OS. The lowest BCUT2D eigenvalue weighted by Crippen LogP contribution is -2.38. The van der Waals surface area contributed by atoms with Gasteiger partial charge in [-0.15, -0.1) is 11.3 Å². The number of hydrogen-bond donors (Lipinski definition) is 1. The van der Waals surface area contributed by atoms with E-state index in [9.17, 15) is 18.0 Å². The zero-order valence-electron chi connectivity index (χ0n) is 15.6. The molecule has 1 amide bonds. The van der Waals surface area contributed by atoms with E-state index in [1.165, 1.54) is 23.7 Å². The Morgan fingerprint density at radius 1 is 1.24 bits per heavy atom. The van der Waals surface area contributed by atoms with Gasteiger partial charge < -0.3 is 9.88 Å². The number of nitrogens with zero attached hydrogens (tertiary/aromatic N) is 4. The van der Waals surface area contributed by atoms with E-state index in [1.807, 2.05) is 35.7 Å². The SMILES string of the molecule is CN(CC(=O)NC(c1ccccc1)c1nccs1)Cc1nccn1CC(F)(F)F. The minimum Gasteiger partial charge on any atom is -0.342 e. The summed E-state index contributed by atoms with van der Waals surface area (Å²) >= 11 is 1.44. The Morgan fingerprint density at radius 3 is 2.66 bits per heavy atom. The van der Waals surface area contributed by atoms with Gasteiger partial charge in [0.1, 0.15) is 23.4 Å². The van der Waals surface area contributed by atoms with Crippen molar-refractivity contribution in [3.05, 3.63) is 70.7 Å². The summed E-state index contributed by atoms with van der Waals surface area (Å²) in [6, 6.07) is 9.09. The first-order chi connectivity index (χ1) is 13.8. The summed E-state index contributed by atoms with van der Waals surface area (Å²) in [6.07, 6.45) is -0.0514. The van der Waals surface area contributed by atoms with Crippen LogP contribution in [0.3, 0.4) is 0 Å². The van der Waals surface area contributed by atoms with Gasteiger partial charge in [0.05, 0.1) is 13.1 Å². The molecule has 2 aromatic heterocycles. The maximum atomic E-state index is 12.7. The van der Waals surface area contributed by atoms with Crippen LogP contribution in [-0.2, 0) is 17.9 Å². The number of amides is 1. The Morgan fingerprint density at radius 2 is 2.00 bits per heavy atom. The molecule has 0 saturated heterocycles. The molecule has 2 heterocycles. The topological polar surface area (TPSA) is 63.1 Å². The zero-order chi connectivity index (χ0) is 20.9. The van der Waals surface area contributed by atoms with E-state index in [2.05, 4.69) is 15.3 Å². The average molecular weight is 423 g/mol. The standard InChI is InChI=1S/C19H20F3N5OS/c1-26(11-15-23-7-9-27(15)13-19(20,21)22)12-16(28)25-17(18-24-8-10-29-18)14-5-3-2-4-6-14/h2-10,17H,11-13H2,1H3,(H,25,28). The summed E-state index contributed by atoms with van der Waals surface area (Å²) in [5.41, 5.74) is 0.902. The van der Waals surface area contributed by atoms with Crippen molar-refractivity contribution in [2.24, 2.45) is 0 Å². The monoisotopic (exact) mass is 423 g/mol. The molecule has 0 aliphatic heterocycles. The third-order valence-electron chi connectivity index (χ3n) is 4.11. The maximum absolute atomic E-state index is 12.7. The van der Waals surface area contributed by atoms with Crippen LogP contribution in [0.15, 0.2) is 54.3 Å². The predicted octanol–water partition coefficient (Wildman–Crippen LogP) is 3.24. The zero-order valence-corrected chi connectivity index (χ0v) is 16.5. The first-order valence-corrected chi connectivity index (χ1v) is 9.69. The van der Waals surface area contributed by atoms with Crippen LogP contribution in [-0.4, -0.2) is 45.1 Å². The number of thiazole rings is 1. The van der Waals surface area contributed by atoms with Gasteiger partial charge in [-0.2, -0.15) is 13.2 Å². The summed E-state index contributed by atoms with van der Waals surface area (Å²) in [5.74, 6) is -0.0114. The van der Waals surface area contributed by atoms with Gasteiger partial charge in [-0.3, -0.25) is 9.69 Å². The van der Waals surface area contributed by atoms with Crippen LogP contribution in [0.25, 0.3) is 0 Å². The van der Waals surface area contributed by atoms with E-state index >= 15 is 0 Å². The van der Waals surface area contributed by atoms with E-state index in [-0.39, 0.29) is 30.9 Å². The molecule has 1 unspecified atom stereocenters. The minimum atomic E-state index is -4.33. The van der Waals surface area contributed by atoms with Crippen molar-refractivity contribution >= 4 is 17.2 Å². The quantitative estimate of drug-likeness (QED) is 0.604. The third kappa shape index (κ3) is 6.13. The molecule has 6 nitrogen and oxygen atoms in total. The molecular weight excluding hydrogens is 403 g/mol. The highest BCUT2D eigenvalue weighted by Crippen LogP contribution is 2.23. The van der Waals surface area contributed by atoms with Crippen LogP contribution >= 0.6 is 11.3 Å². The number of nitrogens with one attached hydrogen (secondary N) is 1. The number of imidazole rings is 1. The van der Waals surface area contributed by atoms with Crippen molar-refractivity contribution in [3.63, 3.8) is 0 Å². The molecule has 0 radical (unpaired) electrons. The highest BCUT2D eigenvalue weighted by molar-refractivity contribution is 7.09. The number of halogens is 3. The number of carbonyl (C=O) groups is 1. The Hall–Kier alpha value is -2.72. The van der Waals surface area contributed by atoms with Crippen molar-refractivity contribution in [2.75, 3.05) is 13.6 Å². The van der Waals surface area contributed by atoms with Gasteiger partial charge in [0.15, 0.2) is 0 Å². The van der Waals surface area contributed by atoms with Gasteiger partial charge in [-0.1, -0.05) is 30.3 Å². The largest absolute Gasteiger partial charge is 0.406 e. The van der Waals surface area contributed by atoms with E-state index in [0.717, 1.165) is 15.1 Å². The fraction of sp³-hybridized carbons (Fsp3) is 0.316. The predicted molar refractivity (Wildman–Crippen MR) is 103 cm³/mol. The second kappa shape index (κ2) is 9.19. The van der Waals surface area contributed by atoms with Gasteiger partial charge >= 0.3 is 6.18 Å². The van der Waals surface area contributed by atoms with Crippen molar-refractivity contribution < 1.29 is 18.0 Å². The van der Waals surface area contributed by atoms with Crippen molar-refractivity contribution in [2.45, 2.75) is 25.3 Å². The lowest BCUT2D eigenvalue weighted by atomic mass is 10.1. The molecule has 0 saturated carbocycles. The second-order valence-corrected chi connectivity index (χ2v) is 7.47. The maximum Gasteiger partial charge on any atom is 0.406 e. The number of alkyl halides is 3. The number of hydrogen-bond acceptors (Lipinski definition) is 5. The number of aromatic nitrogens is 3. The molecule has 0 bridgehead atoms. The van der Waals surface area contributed by atoms with Crippen LogP contribution < -0.4 is 5.32 Å². The highest BCUT2D eigenvalue weighted by atomic mass is 32.1. The average Bonchev–Trinajstić information content (AvgIpc) is 3.32. The van der Waals surface area contributed by atoms with E-state index in [1.54, 1.807) is 18.1 Å². The molecule has 1 atom stereocenters. The summed E-state index contributed by atoms with van der Waals surface area (Å²) in [6.45, 7) is -0.986. The smallest absolute Gasteiger partial charge is 0.342 e. The minimum absolute atomic E-state index is 0.00753. The van der Waals surface area contributed by atoms with Gasteiger partial charge in [-0.05, 0) is 12.6 Å². The number of carbonyl (C=O) groups excluding carboxylic acids is 1. The van der Waals surface area contributed by atoms with Crippen molar-refractivity contribution in [3.8, 4) is 0 Å². The molecule has 3 aromatic rings. The molecule has 29 heavy (non-hydrogen) atoms. The Labute approximate surface area is 170 Å². The number of likely N-dealkylation sites (N-methyl/N-ethyl adjacent to an activating group) is 1.